The fourth-order valence-corrected chi connectivity index (χ4v) is 3.27. The van der Waals surface area contributed by atoms with Crippen LogP contribution in [-0.2, 0) is 4.79 Å². The number of Topliss-reactive ketones (excluding diaryl/α,β-unsaturated/α-hetero) is 1. The summed E-state index contributed by atoms with van der Waals surface area (Å²) < 4.78 is 11.0. The Morgan fingerprint density at radius 1 is 0.786 bits per heavy atom. The van der Waals surface area contributed by atoms with Crippen molar-refractivity contribution in [3.8, 4) is 11.5 Å². The molecule has 0 spiro atoms. The molecule has 0 radical (unpaired) electrons. The summed E-state index contributed by atoms with van der Waals surface area (Å²) in [6, 6.07) is 15.7. The van der Waals surface area contributed by atoms with Gasteiger partial charge in [0.25, 0.3) is 0 Å². The van der Waals surface area contributed by atoms with Gasteiger partial charge in [-0.3, -0.25) is 9.69 Å². The molecule has 3 rings (SSSR count). The number of piperidine rings is 1. The second-order valence-electron chi connectivity index (χ2n) is 6.84. The van der Waals surface area contributed by atoms with Crippen LogP contribution in [0.2, 0.25) is 0 Å². The number of ketones is 1. The standard InChI is InChI=1S/C24H27NO3/c1-4-27-22-10-6-18(7-11-22)14-20-16-25(3)17-21(24(20)26)15-19-8-12-23(13-9-19)28-5-2/h6-15H,4-5,16-17H2,1-3H3/b20-14+,21-15+. The third kappa shape index (κ3) is 5.11. The second-order valence-corrected chi connectivity index (χ2v) is 6.84. The van der Waals surface area contributed by atoms with Crippen LogP contribution in [0.25, 0.3) is 12.2 Å². The van der Waals surface area contributed by atoms with E-state index in [4.69, 9.17) is 9.47 Å². The number of rotatable bonds is 6. The first-order chi connectivity index (χ1) is 13.6. The highest BCUT2D eigenvalue weighted by atomic mass is 16.5. The first-order valence-electron chi connectivity index (χ1n) is 9.69. The lowest BCUT2D eigenvalue weighted by molar-refractivity contribution is -0.113. The van der Waals surface area contributed by atoms with Crippen LogP contribution < -0.4 is 9.47 Å². The Hall–Kier alpha value is -2.85. The minimum atomic E-state index is 0.112. The molecule has 4 nitrogen and oxygen atoms in total. The summed E-state index contributed by atoms with van der Waals surface area (Å²) >= 11 is 0. The maximum absolute atomic E-state index is 13.0. The number of carbonyl (C=O) groups excluding carboxylic acids is 1. The molecule has 0 N–H and O–H groups in total. The quantitative estimate of drug-likeness (QED) is 0.697. The fourth-order valence-electron chi connectivity index (χ4n) is 3.27. The van der Waals surface area contributed by atoms with Crippen molar-refractivity contribution in [3.63, 3.8) is 0 Å². The Labute approximate surface area is 167 Å². The summed E-state index contributed by atoms with van der Waals surface area (Å²) in [6.45, 7) is 6.50. The Morgan fingerprint density at radius 3 is 1.54 bits per heavy atom. The summed E-state index contributed by atoms with van der Waals surface area (Å²) in [4.78, 5) is 15.2. The molecule has 0 atom stereocenters. The van der Waals surface area contributed by atoms with E-state index in [1.807, 2.05) is 81.6 Å². The van der Waals surface area contributed by atoms with Crippen molar-refractivity contribution >= 4 is 17.9 Å². The van der Waals surface area contributed by atoms with Crippen LogP contribution in [-0.4, -0.2) is 44.0 Å². The van der Waals surface area contributed by atoms with E-state index in [0.717, 1.165) is 33.8 Å². The van der Waals surface area contributed by atoms with Gasteiger partial charge in [0.15, 0.2) is 5.78 Å². The number of benzene rings is 2. The minimum Gasteiger partial charge on any atom is -0.494 e. The molecule has 2 aromatic rings. The van der Waals surface area contributed by atoms with Gasteiger partial charge in [0.05, 0.1) is 13.2 Å². The maximum atomic E-state index is 13.0. The molecule has 0 bridgehead atoms. The van der Waals surface area contributed by atoms with Crippen LogP contribution in [0.1, 0.15) is 25.0 Å². The first kappa shape index (κ1) is 19.9. The van der Waals surface area contributed by atoms with Crippen molar-refractivity contribution < 1.29 is 14.3 Å². The van der Waals surface area contributed by atoms with Crippen molar-refractivity contribution in [1.29, 1.82) is 0 Å². The van der Waals surface area contributed by atoms with Crippen LogP contribution in [0.15, 0.2) is 59.7 Å². The summed E-state index contributed by atoms with van der Waals surface area (Å²) in [7, 11) is 2.03. The van der Waals surface area contributed by atoms with Crippen molar-refractivity contribution in [1.82, 2.24) is 4.90 Å². The van der Waals surface area contributed by atoms with Gasteiger partial charge in [0.1, 0.15) is 11.5 Å². The minimum absolute atomic E-state index is 0.112. The van der Waals surface area contributed by atoms with E-state index in [1.165, 1.54) is 0 Å². The molecule has 2 aromatic carbocycles. The van der Waals surface area contributed by atoms with E-state index < -0.39 is 0 Å². The van der Waals surface area contributed by atoms with Crippen LogP contribution in [0, 0.1) is 0 Å². The van der Waals surface area contributed by atoms with Gasteiger partial charge in [-0.15, -0.1) is 0 Å². The zero-order chi connectivity index (χ0) is 19.9. The van der Waals surface area contributed by atoms with Crippen LogP contribution in [0.5, 0.6) is 11.5 Å². The molecule has 0 amide bonds. The number of nitrogens with zero attached hydrogens (tertiary/aromatic N) is 1. The van der Waals surface area contributed by atoms with E-state index >= 15 is 0 Å². The Morgan fingerprint density at radius 2 is 1.18 bits per heavy atom. The maximum Gasteiger partial charge on any atom is 0.187 e. The molecule has 1 saturated heterocycles. The normalized spacial score (nSPS) is 17.9. The molecule has 1 aliphatic rings. The first-order valence-corrected chi connectivity index (χ1v) is 9.69. The highest BCUT2D eigenvalue weighted by Crippen LogP contribution is 2.23. The Kier molecular flexibility index (Phi) is 6.66. The third-order valence-electron chi connectivity index (χ3n) is 4.53. The lowest BCUT2D eigenvalue weighted by Crippen LogP contribution is -2.34. The van der Waals surface area contributed by atoms with Crippen molar-refractivity contribution in [2.75, 3.05) is 33.4 Å². The predicted octanol–water partition coefficient (Wildman–Crippen LogP) is 4.47. The molecular weight excluding hydrogens is 350 g/mol. The summed E-state index contributed by atoms with van der Waals surface area (Å²) in [5, 5.41) is 0. The van der Waals surface area contributed by atoms with Gasteiger partial charge in [-0.05, 0) is 68.4 Å². The molecule has 0 aromatic heterocycles. The SMILES string of the molecule is CCOc1ccc(/C=C2\CN(C)C/C(=C\c3ccc(OCC)cc3)C2=O)cc1. The smallest absolute Gasteiger partial charge is 0.187 e. The number of ether oxygens (including phenoxy) is 2. The second kappa shape index (κ2) is 9.38. The van der Waals surface area contributed by atoms with Gasteiger partial charge >= 0.3 is 0 Å². The van der Waals surface area contributed by atoms with Gasteiger partial charge in [-0.25, -0.2) is 0 Å². The number of likely N-dealkylation sites (tertiary alicyclic amines) is 1. The topological polar surface area (TPSA) is 38.8 Å². The predicted molar refractivity (Wildman–Crippen MR) is 114 cm³/mol. The van der Waals surface area contributed by atoms with Crippen molar-refractivity contribution in [2.45, 2.75) is 13.8 Å². The Balaban J connectivity index is 1.81. The van der Waals surface area contributed by atoms with Crippen LogP contribution in [0.3, 0.4) is 0 Å². The number of hydrogen-bond donors (Lipinski definition) is 0. The van der Waals surface area contributed by atoms with Gasteiger partial charge in [-0.2, -0.15) is 0 Å². The van der Waals surface area contributed by atoms with Gasteiger partial charge in [0, 0.05) is 24.2 Å². The highest BCUT2D eigenvalue weighted by molar-refractivity contribution is 6.14. The van der Waals surface area contributed by atoms with E-state index in [9.17, 15) is 4.79 Å². The largest absolute Gasteiger partial charge is 0.494 e. The average Bonchev–Trinajstić information content (AvgIpc) is 2.69. The summed E-state index contributed by atoms with van der Waals surface area (Å²) in [6.07, 6.45) is 3.94. The lowest BCUT2D eigenvalue weighted by Gasteiger charge is -2.26. The molecule has 4 heteroatoms. The molecule has 1 fully saturated rings. The molecule has 28 heavy (non-hydrogen) atoms. The molecule has 1 aliphatic heterocycles. The van der Waals surface area contributed by atoms with Gasteiger partial charge < -0.3 is 9.47 Å². The summed E-state index contributed by atoms with van der Waals surface area (Å²) in [5.41, 5.74) is 3.61. The van der Waals surface area contributed by atoms with Crippen molar-refractivity contribution in [3.05, 3.63) is 70.8 Å². The molecule has 0 aliphatic carbocycles. The molecule has 0 saturated carbocycles. The molecule has 146 valence electrons. The van der Waals surface area contributed by atoms with Gasteiger partial charge in [0.2, 0.25) is 0 Å². The zero-order valence-corrected chi connectivity index (χ0v) is 16.8. The average molecular weight is 377 g/mol. The van der Waals surface area contributed by atoms with E-state index in [-0.39, 0.29) is 5.78 Å². The molecule has 1 heterocycles. The van der Waals surface area contributed by atoms with Gasteiger partial charge in [-0.1, -0.05) is 24.3 Å². The van der Waals surface area contributed by atoms with Crippen LogP contribution >= 0.6 is 0 Å². The van der Waals surface area contributed by atoms with Crippen molar-refractivity contribution in [2.24, 2.45) is 0 Å². The van der Waals surface area contributed by atoms with E-state index in [0.29, 0.717) is 26.3 Å². The zero-order valence-electron chi connectivity index (χ0n) is 16.8. The monoisotopic (exact) mass is 377 g/mol. The number of likely N-dealkylation sites (N-methyl/N-ethyl adjacent to an activating group) is 1. The fraction of sp³-hybridized carbons (Fsp3) is 0.292. The molecule has 0 unspecified atom stereocenters. The van der Waals surface area contributed by atoms with E-state index in [1.54, 1.807) is 0 Å². The summed E-state index contributed by atoms with van der Waals surface area (Å²) in [5.74, 6) is 1.79. The number of carbonyl (C=O) groups is 1. The van der Waals surface area contributed by atoms with Crippen LogP contribution in [0.4, 0.5) is 0 Å². The highest BCUT2D eigenvalue weighted by Gasteiger charge is 2.23. The van der Waals surface area contributed by atoms with E-state index in [2.05, 4.69) is 4.90 Å². The lowest BCUT2D eigenvalue weighted by atomic mass is 9.94. The third-order valence-corrected chi connectivity index (χ3v) is 4.53. The number of hydrogen-bond acceptors (Lipinski definition) is 4. The molecular formula is C24H27NO3. The Bertz CT molecular complexity index is 792.